The van der Waals surface area contributed by atoms with Crippen molar-refractivity contribution in [2.24, 2.45) is 5.92 Å². The third-order valence-electron chi connectivity index (χ3n) is 5.84. The molecule has 0 unspecified atom stereocenters. The maximum Gasteiger partial charge on any atom is 0.244 e. The maximum absolute atomic E-state index is 13.8. The Balaban J connectivity index is 2.51. The third-order valence-corrected chi connectivity index (χ3v) is 6.97. The second kappa shape index (κ2) is 13.3. The van der Waals surface area contributed by atoms with Crippen molar-refractivity contribution in [3.63, 3.8) is 0 Å². The van der Waals surface area contributed by atoms with Gasteiger partial charge in [0.15, 0.2) is 0 Å². The Morgan fingerprint density at radius 3 is 2.32 bits per heavy atom. The number of hydrogen-bond acceptors (Lipinski definition) is 6. The maximum atomic E-state index is 13.8. The number of nitrogens with one attached hydrogen (secondary N) is 1. The number of sulfonamides is 1. The molecule has 204 valence electrons. The Kier molecular flexibility index (Phi) is 10.8. The van der Waals surface area contributed by atoms with E-state index in [0.29, 0.717) is 24.5 Å². The number of amides is 2. The van der Waals surface area contributed by atoms with E-state index in [1.165, 1.54) is 12.0 Å². The molecule has 2 amide bonds. The van der Waals surface area contributed by atoms with E-state index in [0.717, 1.165) is 21.7 Å². The minimum absolute atomic E-state index is 0.103. The Labute approximate surface area is 220 Å². The molecule has 0 spiro atoms. The van der Waals surface area contributed by atoms with Gasteiger partial charge in [-0.3, -0.25) is 13.9 Å². The van der Waals surface area contributed by atoms with Crippen LogP contribution in [0.25, 0.3) is 0 Å². The van der Waals surface area contributed by atoms with Crippen LogP contribution in [0.15, 0.2) is 42.5 Å². The van der Waals surface area contributed by atoms with Gasteiger partial charge in [-0.2, -0.15) is 0 Å². The zero-order chi connectivity index (χ0) is 27.8. The van der Waals surface area contributed by atoms with E-state index in [9.17, 15) is 18.0 Å². The third kappa shape index (κ3) is 8.38. The second-order valence-corrected chi connectivity index (χ2v) is 11.3. The van der Waals surface area contributed by atoms with Gasteiger partial charge in [-0.1, -0.05) is 39.0 Å². The van der Waals surface area contributed by atoms with Gasteiger partial charge in [0.25, 0.3) is 0 Å². The molecule has 9 nitrogen and oxygen atoms in total. The Morgan fingerprint density at radius 1 is 1.05 bits per heavy atom. The minimum Gasteiger partial charge on any atom is -0.497 e. The van der Waals surface area contributed by atoms with E-state index in [1.54, 1.807) is 43.5 Å². The quantitative estimate of drug-likeness (QED) is 0.423. The Bertz CT molecular complexity index is 1180. The van der Waals surface area contributed by atoms with Gasteiger partial charge in [0, 0.05) is 13.1 Å². The molecule has 0 aliphatic carbocycles. The van der Waals surface area contributed by atoms with Crippen molar-refractivity contribution < 1.29 is 27.5 Å². The summed E-state index contributed by atoms with van der Waals surface area (Å²) in [6, 6.07) is 11.5. The number of carbonyl (C=O) groups excluding carboxylic acids is 2. The number of nitrogens with zero attached hydrogens (tertiary/aromatic N) is 2. The fraction of sp³-hybridized carbons (Fsp3) is 0.481. The molecular formula is C27H39N3O6S. The number of ether oxygens (including phenoxy) is 2. The highest BCUT2D eigenvalue weighted by molar-refractivity contribution is 7.92. The fourth-order valence-corrected chi connectivity index (χ4v) is 4.74. The van der Waals surface area contributed by atoms with Crippen molar-refractivity contribution in [3.05, 3.63) is 53.6 Å². The summed E-state index contributed by atoms with van der Waals surface area (Å²) in [5.74, 6) is 0.377. The van der Waals surface area contributed by atoms with Crippen LogP contribution in [0.2, 0.25) is 0 Å². The molecule has 0 aliphatic rings. The van der Waals surface area contributed by atoms with Gasteiger partial charge in [-0.05, 0) is 54.7 Å². The van der Waals surface area contributed by atoms with Crippen molar-refractivity contribution >= 4 is 27.5 Å². The Hall–Kier alpha value is -3.27. The lowest BCUT2D eigenvalue weighted by molar-refractivity contribution is -0.140. The van der Waals surface area contributed by atoms with Crippen molar-refractivity contribution in [2.75, 3.05) is 37.9 Å². The van der Waals surface area contributed by atoms with Crippen molar-refractivity contribution in [3.8, 4) is 11.5 Å². The summed E-state index contributed by atoms with van der Waals surface area (Å²) in [7, 11) is -0.875. The smallest absolute Gasteiger partial charge is 0.244 e. The van der Waals surface area contributed by atoms with Crippen molar-refractivity contribution in [1.82, 2.24) is 10.2 Å². The normalized spacial score (nSPS) is 12.1. The summed E-state index contributed by atoms with van der Waals surface area (Å²) in [6.45, 7) is 7.70. The molecule has 0 fully saturated rings. The zero-order valence-electron chi connectivity index (χ0n) is 22.8. The first-order valence-corrected chi connectivity index (χ1v) is 14.1. The number of hydrogen-bond donors (Lipinski definition) is 1. The van der Waals surface area contributed by atoms with Crippen LogP contribution in [0, 0.1) is 12.8 Å². The van der Waals surface area contributed by atoms with Crippen LogP contribution in [0.4, 0.5) is 5.69 Å². The Morgan fingerprint density at radius 2 is 1.76 bits per heavy atom. The van der Waals surface area contributed by atoms with E-state index in [-0.39, 0.29) is 24.1 Å². The predicted molar refractivity (Wildman–Crippen MR) is 145 cm³/mol. The van der Waals surface area contributed by atoms with Crippen molar-refractivity contribution in [2.45, 2.75) is 46.7 Å². The van der Waals surface area contributed by atoms with Crippen LogP contribution < -0.4 is 19.1 Å². The summed E-state index contributed by atoms with van der Waals surface area (Å²) in [4.78, 5) is 28.4. The molecule has 2 rings (SSSR count). The number of methoxy groups -OCH3 is 2. The predicted octanol–water partition coefficient (Wildman–Crippen LogP) is 3.36. The molecular weight excluding hydrogens is 494 g/mol. The molecule has 0 saturated carbocycles. The molecule has 1 atom stereocenters. The van der Waals surface area contributed by atoms with Gasteiger partial charge in [-0.25, -0.2) is 8.42 Å². The summed E-state index contributed by atoms with van der Waals surface area (Å²) in [5, 5.41) is 2.91. The van der Waals surface area contributed by atoms with E-state index in [2.05, 4.69) is 5.32 Å². The average Bonchev–Trinajstić information content (AvgIpc) is 2.85. The minimum atomic E-state index is -3.87. The van der Waals surface area contributed by atoms with Gasteiger partial charge < -0.3 is 19.7 Å². The number of carbonyl (C=O) groups is 2. The summed E-state index contributed by atoms with van der Waals surface area (Å²) in [6.07, 6.45) is 1.40. The van der Waals surface area contributed by atoms with Crippen LogP contribution in [0.5, 0.6) is 11.5 Å². The molecule has 0 heterocycles. The number of rotatable bonds is 13. The molecule has 37 heavy (non-hydrogen) atoms. The second-order valence-electron chi connectivity index (χ2n) is 9.38. The van der Waals surface area contributed by atoms with E-state index < -0.39 is 28.5 Å². The van der Waals surface area contributed by atoms with Crippen LogP contribution in [-0.2, 0) is 26.2 Å². The lowest BCUT2D eigenvalue weighted by Crippen LogP contribution is -2.52. The summed E-state index contributed by atoms with van der Waals surface area (Å²) >= 11 is 0. The van der Waals surface area contributed by atoms with Gasteiger partial charge in [-0.15, -0.1) is 0 Å². The van der Waals surface area contributed by atoms with Crippen molar-refractivity contribution in [1.29, 1.82) is 0 Å². The van der Waals surface area contributed by atoms with Crippen LogP contribution in [0.3, 0.4) is 0 Å². The molecule has 10 heteroatoms. The van der Waals surface area contributed by atoms with Gasteiger partial charge in [0.1, 0.15) is 24.1 Å². The van der Waals surface area contributed by atoms with E-state index >= 15 is 0 Å². The standard InChI is InChI=1S/C27H39N3O6S/c1-8-23(27(32)28-16-19(2)3)29(17-21-10-9-11-22(15-21)35-5)26(31)18-30(37(7,33)34)24-14-20(4)12-13-25(24)36-6/h9-15,19,23H,8,16-18H2,1-7H3,(H,28,32)/t23-/m0/s1. The van der Waals surface area contributed by atoms with E-state index in [1.807, 2.05) is 33.8 Å². The highest BCUT2D eigenvalue weighted by Crippen LogP contribution is 2.31. The average molecular weight is 534 g/mol. The molecule has 0 aromatic heterocycles. The summed E-state index contributed by atoms with van der Waals surface area (Å²) < 4.78 is 37.5. The van der Waals surface area contributed by atoms with Gasteiger partial charge >= 0.3 is 0 Å². The van der Waals surface area contributed by atoms with Crippen LogP contribution in [-0.4, -0.2) is 64.7 Å². The van der Waals surface area contributed by atoms with Gasteiger partial charge in [0.2, 0.25) is 21.8 Å². The highest BCUT2D eigenvalue weighted by Gasteiger charge is 2.32. The first-order valence-electron chi connectivity index (χ1n) is 12.2. The molecule has 0 bridgehead atoms. The molecule has 0 saturated heterocycles. The lowest BCUT2D eigenvalue weighted by Gasteiger charge is -2.33. The SMILES string of the molecule is CC[C@@H](C(=O)NCC(C)C)N(Cc1cccc(OC)c1)C(=O)CN(c1cc(C)ccc1OC)S(C)(=O)=O. The first-order chi connectivity index (χ1) is 17.4. The van der Waals surface area contributed by atoms with Gasteiger partial charge in [0.05, 0.1) is 26.2 Å². The van der Waals surface area contributed by atoms with E-state index in [4.69, 9.17) is 9.47 Å². The molecule has 0 radical (unpaired) electrons. The summed E-state index contributed by atoms with van der Waals surface area (Å²) in [5.41, 5.74) is 1.82. The lowest BCUT2D eigenvalue weighted by atomic mass is 10.1. The monoisotopic (exact) mass is 533 g/mol. The fourth-order valence-electron chi connectivity index (χ4n) is 3.90. The molecule has 2 aromatic rings. The number of aryl methyl sites for hydroxylation is 1. The molecule has 0 aliphatic heterocycles. The zero-order valence-corrected chi connectivity index (χ0v) is 23.6. The largest absolute Gasteiger partial charge is 0.497 e. The number of anilines is 1. The molecule has 2 aromatic carbocycles. The first kappa shape index (κ1) is 30.0. The number of benzene rings is 2. The van der Waals surface area contributed by atoms with Crippen LogP contribution >= 0.6 is 0 Å². The topological polar surface area (TPSA) is 105 Å². The molecule has 1 N–H and O–H groups in total. The highest BCUT2D eigenvalue weighted by atomic mass is 32.2. The van der Waals surface area contributed by atoms with Crippen LogP contribution in [0.1, 0.15) is 38.3 Å².